The molecule has 0 bridgehead atoms. The molecule has 1 amide bonds. The number of carbonyl (C=O) groups excluding carboxylic acids is 2. The van der Waals surface area contributed by atoms with Crippen LogP contribution in [0.2, 0.25) is 0 Å². The number of carbonyl (C=O) groups is 2. The third-order valence-electron chi connectivity index (χ3n) is 2.04. The zero-order valence-corrected chi connectivity index (χ0v) is 12.7. The Labute approximate surface area is 119 Å². The zero-order chi connectivity index (χ0) is 16.3. The minimum absolute atomic E-state index is 0.0519. The average molecular weight is 307 g/mol. The second-order valence-corrected chi connectivity index (χ2v) is 5.54. The van der Waals surface area contributed by atoms with Gasteiger partial charge in [0.2, 0.25) is 5.91 Å². The second kappa shape index (κ2) is 10.2. The first kappa shape index (κ1) is 20.6. The van der Waals surface area contributed by atoms with Crippen molar-refractivity contribution in [2.24, 2.45) is 0 Å². The standard InChI is InChI=1S/C7H13NO4S.C5H8O2/c1-4-7(9)8(3)5-6(2)13(10,11)12;1-3-5(6)7-4-2/h4,6H,1,5H2,2-3H3,(H,10,11,12);3H,1,4H2,2H3. The number of nitrogens with zero attached hydrogens (tertiary/aromatic N) is 1. The van der Waals surface area contributed by atoms with Gasteiger partial charge in [-0.2, -0.15) is 8.42 Å². The maximum Gasteiger partial charge on any atom is 0.330 e. The Morgan fingerprint density at radius 1 is 1.35 bits per heavy atom. The highest BCUT2D eigenvalue weighted by Gasteiger charge is 2.20. The van der Waals surface area contributed by atoms with E-state index in [1.165, 1.54) is 18.9 Å². The Morgan fingerprint density at radius 3 is 2.10 bits per heavy atom. The van der Waals surface area contributed by atoms with Crippen LogP contribution in [-0.2, 0) is 24.4 Å². The summed E-state index contributed by atoms with van der Waals surface area (Å²) in [6.45, 7) is 9.90. The lowest BCUT2D eigenvalue weighted by Gasteiger charge is -2.17. The molecule has 0 saturated carbocycles. The van der Waals surface area contributed by atoms with Crippen molar-refractivity contribution in [3.63, 3.8) is 0 Å². The first-order valence-corrected chi connectivity index (χ1v) is 7.23. The Bertz CT molecular complexity index is 443. The molecule has 1 unspecified atom stereocenters. The first-order chi connectivity index (χ1) is 9.09. The van der Waals surface area contributed by atoms with Crippen molar-refractivity contribution >= 4 is 22.0 Å². The zero-order valence-electron chi connectivity index (χ0n) is 11.9. The minimum atomic E-state index is -4.07. The highest BCUT2D eigenvalue weighted by molar-refractivity contribution is 7.86. The molecule has 0 rings (SSSR count). The fraction of sp³-hybridized carbons (Fsp3) is 0.500. The van der Waals surface area contributed by atoms with Gasteiger partial charge in [0.25, 0.3) is 10.1 Å². The highest BCUT2D eigenvalue weighted by Crippen LogP contribution is 2.00. The molecule has 8 heteroatoms. The summed E-state index contributed by atoms with van der Waals surface area (Å²) in [5, 5.41) is -0.985. The summed E-state index contributed by atoms with van der Waals surface area (Å²) in [6, 6.07) is 0. The predicted molar refractivity (Wildman–Crippen MR) is 75.7 cm³/mol. The van der Waals surface area contributed by atoms with E-state index in [-0.39, 0.29) is 18.4 Å². The van der Waals surface area contributed by atoms with Crippen LogP contribution in [0.5, 0.6) is 0 Å². The highest BCUT2D eigenvalue weighted by atomic mass is 32.2. The summed E-state index contributed by atoms with van der Waals surface area (Å²) < 4.78 is 34.2. The molecule has 0 heterocycles. The molecule has 0 fully saturated rings. The SMILES string of the molecule is C=CC(=O)N(C)CC(C)S(=O)(=O)O.C=CC(=O)OCC. The molecule has 20 heavy (non-hydrogen) atoms. The number of likely N-dealkylation sites (N-methyl/N-ethyl adjacent to an activating group) is 1. The summed E-state index contributed by atoms with van der Waals surface area (Å²) >= 11 is 0. The van der Waals surface area contributed by atoms with Crippen LogP contribution in [0.15, 0.2) is 25.3 Å². The van der Waals surface area contributed by atoms with Gasteiger partial charge in [-0.15, -0.1) is 0 Å². The molecule has 1 atom stereocenters. The van der Waals surface area contributed by atoms with Crippen LogP contribution in [0.4, 0.5) is 0 Å². The van der Waals surface area contributed by atoms with Crippen molar-refractivity contribution in [1.29, 1.82) is 0 Å². The molecule has 0 saturated heterocycles. The molecule has 0 aliphatic carbocycles. The number of hydrogen-bond acceptors (Lipinski definition) is 5. The molecule has 1 N–H and O–H groups in total. The Hall–Kier alpha value is -1.67. The van der Waals surface area contributed by atoms with Crippen LogP contribution in [-0.4, -0.2) is 55.2 Å². The monoisotopic (exact) mass is 307 g/mol. The molecule has 0 aliphatic rings. The number of esters is 1. The van der Waals surface area contributed by atoms with E-state index in [1.54, 1.807) is 6.92 Å². The van der Waals surface area contributed by atoms with Gasteiger partial charge in [-0.25, -0.2) is 4.79 Å². The third-order valence-corrected chi connectivity index (χ3v) is 3.21. The molecule has 0 aromatic heterocycles. The van der Waals surface area contributed by atoms with Crippen LogP contribution >= 0.6 is 0 Å². The van der Waals surface area contributed by atoms with Crippen molar-refractivity contribution in [2.45, 2.75) is 19.1 Å². The molecular formula is C12H21NO6S. The van der Waals surface area contributed by atoms with Crippen molar-refractivity contribution in [2.75, 3.05) is 20.2 Å². The number of ether oxygens (including phenoxy) is 1. The van der Waals surface area contributed by atoms with E-state index in [9.17, 15) is 18.0 Å². The van der Waals surface area contributed by atoms with E-state index in [1.807, 2.05) is 0 Å². The van der Waals surface area contributed by atoms with Crippen molar-refractivity contribution in [3.05, 3.63) is 25.3 Å². The van der Waals surface area contributed by atoms with Gasteiger partial charge in [0.15, 0.2) is 0 Å². The van der Waals surface area contributed by atoms with E-state index in [2.05, 4.69) is 17.9 Å². The summed E-state index contributed by atoms with van der Waals surface area (Å²) in [4.78, 5) is 22.1. The smallest absolute Gasteiger partial charge is 0.330 e. The molecule has 0 spiro atoms. The normalized spacial score (nSPS) is 11.4. The Balaban J connectivity index is 0. The molecule has 7 nitrogen and oxygen atoms in total. The lowest BCUT2D eigenvalue weighted by molar-refractivity contribution is -0.137. The van der Waals surface area contributed by atoms with Crippen LogP contribution < -0.4 is 0 Å². The Morgan fingerprint density at radius 2 is 1.85 bits per heavy atom. The van der Waals surface area contributed by atoms with Crippen molar-refractivity contribution < 1.29 is 27.3 Å². The van der Waals surface area contributed by atoms with E-state index in [0.29, 0.717) is 6.61 Å². The Kier molecular flexibility index (Phi) is 10.5. The van der Waals surface area contributed by atoms with Crippen LogP contribution in [0.25, 0.3) is 0 Å². The fourth-order valence-electron chi connectivity index (χ4n) is 0.927. The number of amides is 1. The van der Waals surface area contributed by atoms with E-state index < -0.39 is 15.4 Å². The molecular weight excluding hydrogens is 286 g/mol. The summed E-state index contributed by atoms with van der Waals surface area (Å²) in [7, 11) is -2.63. The maximum atomic E-state index is 10.9. The average Bonchev–Trinajstić information content (AvgIpc) is 2.37. The molecule has 116 valence electrons. The van der Waals surface area contributed by atoms with Crippen molar-refractivity contribution in [3.8, 4) is 0 Å². The number of rotatable bonds is 6. The molecule has 0 radical (unpaired) electrons. The van der Waals surface area contributed by atoms with Gasteiger partial charge in [-0.1, -0.05) is 13.2 Å². The summed E-state index contributed by atoms with van der Waals surface area (Å²) in [5.41, 5.74) is 0. The van der Waals surface area contributed by atoms with Crippen LogP contribution in [0, 0.1) is 0 Å². The van der Waals surface area contributed by atoms with Crippen LogP contribution in [0.1, 0.15) is 13.8 Å². The minimum Gasteiger partial charge on any atom is -0.463 e. The lowest BCUT2D eigenvalue weighted by Crippen LogP contribution is -2.35. The summed E-state index contributed by atoms with van der Waals surface area (Å²) in [5.74, 6) is -0.738. The third kappa shape index (κ3) is 10.3. The second-order valence-electron chi connectivity index (χ2n) is 3.70. The van der Waals surface area contributed by atoms with Gasteiger partial charge in [0.1, 0.15) is 5.25 Å². The van der Waals surface area contributed by atoms with Gasteiger partial charge < -0.3 is 9.64 Å². The fourth-order valence-corrected chi connectivity index (χ4v) is 1.34. The number of hydrogen-bond donors (Lipinski definition) is 1. The molecule has 0 aliphatic heterocycles. The quantitative estimate of drug-likeness (QED) is 0.439. The predicted octanol–water partition coefficient (Wildman–Crippen LogP) is 0.643. The lowest BCUT2D eigenvalue weighted by atomic mass is 10.4. The van der Waals surface area contributed by atoms with E-state index >= 15 is 0 Å². The van der Waals surface area contributed by atoms with Gasteiger partial charge in [-0.05, 0) is 19.9 Å². The maximum absolute atomic E-state index is 10.9. The van der Waals surface area contributed by atoms with Crippen LogP contribution in [0.3, 0.4) is 0 Å². The van der Waals surface area contributed by atoms with E-state index in [4.69, 9.17) is 4.55 Å². The topological polar surface area (TPSA) is 101 Å². The molecule has 0 aromatic carbocycles. The van der Waals surface area contributed by atoms with Gasteiger partial charge in [0, 0.05) is 19.7 Å². The largest absolute Gasteiger partial charge is 0.463 e. The van der Waals surface area contributed by atoms with E-state index in [0.717, 1.165) is 12.2 Å². The summed E-state index contributed by atoms with van der Waals surface area (Å²) in [6.07, 6.45) is 2.22. The first-order valence-electron chi connectivity index (χ1n) is 5.73. The van der Waals surface area contributed by atoms with Gasteiger partial charge in [0.05, 0.1) is 6.61 Å². The van der Waals surface area contributed by atoms with Gasteiger partial charge >= 0.3 is 5.97 Å². The van der Waals surface area contributed by atoms with Crippen molar-refractivity contribution in [1.82, 2.24) is 4.90 Å². The van der Waals surface area contributed by atoms with Gasteiger partial charge in [-0.3, -0.25) is 9.35 Å². The molecule has 0 aromatic rings.